The Kier molecular flexibility index (Phi) is 5.35. The van der Waals surface area contributed by atoms with Crippen LogP contribution in [0.25, 0.3) is 0 Å². The highest BCUT2D eigenvalue weighted by molar-refractivity contribution is 5.93. The molecule has 1 aromatic carbocycles. The molecule has 3 rings (SSSR count). The highest BCUT2D eigenvalue weighted by Gasteiger charge is 2.44. The lowest BCUT2D eigenvalue weighted by Crippen LogP contribution is -2.36. The number of hydrogen-bond acceptors (Lipinski definition) is 10. The molecule has 0 unspecified atom stereocenters. The Morgan fingerprint density at radius 2 is 2.04 bits per heavy atom. The van der Waals surface area contributed by atoms with Crippen LogP contribution in [0.2, 0.25) is 0 Å². The molecule has 1 saturated heterocycles. The van der Waals surface area contributed by atoms with Gasteiger partial charge in [0, 0.05) is 12.3 Å². The summed E-state index contributed by atoms with van der Waals surface area (Å²) in [5.41, 5.74) is 3.91. The Balaban J connectivity index is 1.71. The third-order valence-electron chi connectivity index (χ3n) is 4.16. The minimum absolute atomic E-state index is 0.0239. The molecule has 0 spiro atoms. The zero-order valence-electron chi connectivity index (χ0n) is 14.2. The fraction of sp³-hybridized carbons (Fsp3) is 0.312. The predicted octanol–water partition coefficient (Wildman–Crippen LogP) is -0.790. The van der Waals surface area contributed by atoms with Crippen LogP contribution in [0.4, 0.5) is 11.5 Å². The first-order valence-electron chi connectivity index (χ1n) is 8.06. The van der Waals surface area contributed by atoms with E-state index in [1.165, 1.54) is 30.5 Å². The van der Waals surface area contributed by atoms with Crippen LogP contribution >= 0.6 is 0 Å². The van der Waals surface area contributed by atoms with Crippen molar-refractivity contribution in [2.45, 2.75) is 24.5 Å². The zero-order chi connectivity index (χ0) is 20.4. The molecule has 1 fully saturated rings. The maximum Gasteiger partial charge on any atom is 0.351 e. The molecule has 148 valence electrons. The van der Waals surface area contributed by atoms with Crippen molar-refractivity contribution in [2.24, 2.45) is 0 Å². The van der Waals surface area contributed by atoms with Crippen molar-refractivity contribution in [1.29, 1.82) is 0 Å². The third kappa shape index (κ3) is 3.69. The fourth-order valence-corrected chi connectivity index (χ4v) is 2.76. The van der Waals surface area contributed by atoms with Gasteiger partial charge in [0.05, 0.1) is 4.92 Å². The molecule has 1 aliphatic rings. The molecule has 12 nitrogen and oxygen atoms in total. The second kappa shape index (κ2) is 7.72. The van der Waals surface area contributed by atoms with Gasteiger partial charge in [0.1, 0.15) is 36.3 Å². The Morgan fingerprint density at radius 3 is 2.71 bits per heavy atom. The summed E-state index contributed by atoms with van der Waals surface area (Å²) < 4.78 is 11.4. The minimum Gasteiger partial charge on any atom is -0.459 e. The van der Waals surface area contributed by atoms with Gasteiger partial charge in [0.15, 0.2) is 6.23 Å². The molecule has 4 N–H and O–H groups in total. The number of ether oxygens (including phenoxy) is 2. The number of esters is 1. The summed E-state index contributed by atoms with van der Waals surface area (Å²) >= 11 is 0. The number of benzene rings is 1. The topological polar surface area (TPSA) is 180 Å². The Bertz CT molecular complexity index is 962. The largest absolute Gasteiger partial charge is 0.459 e. The second-order valence-electron chi connectivity index (χ2n) is 5.96. The smallest absolute Gasteiger partial charge is 0.351 e. The lowest BCUT2D eigenvalue weighted by atomic mass is 10.1. The summed E-state index contributed by atoms with van der Waals surface area (Å²) in [5.74, 6) is -1.02. The van der Waals surface area contributed by atoms with Gasteiger partial charge in [-0.05, 0) is 12.1 Å². The summed E-state index contributed by atoms with van der Waals surface area (Å²) in [4.78, 5) is 37.8. The van der Waals surface area contributed by atoms with E-state index >= 15 is 0 Å². The van der Waals surface area contributed by atoms with E-state index in [4.69, 9.17) is 15.2 Å². The van der Waals surface area contributed by atoms with Crippen molar-refractivity contribution in [3.63, 3.8) is 0 Å². The number of aliphatic hydroxyl groups is 2. The molecule has 12 heteroatoms. The van der Waals surface area contributed by atoms with Gasteiger partial charge in [0.2, 0.25) is 0 Å². The van der Waals surface area contributed by atoms with Gasteiger partial charge in [-0.25, -0.2) is 9.59 Å². The molecule has 2 aromatic rings. The van der Waals surface area contributed by atoms with Gasteiger partial charge in [0.25, 0.3) is 5.69 Å². The number of hydrogen-bond donors (Lipinski definition) is 3. The fourth-order valence-electron chi connectivity index (χ4n) is 2.76. The minimum atomic E-state index is -1.50. The van der Waals surface area contributed by atoms with E-state index in [1.54, 1.807) is 0 Å². The van der Waals surface area contributed by atoms with Crippen LogP contribution in [0.15, 0.2) is 41.3 Å². The Hall–Kier alpha value is -3.35. The van der Waals surface area contributed by atoms with E-state index in [1.807, 2.05) is 0 Å². The number of aliphatic hydroxyl groups excluding tert-OH is 2. The van der Waals surface area contributed by atoms with Gasteiger partial charge in [-0.3, -0.25) is 14.7 Å². The van der Waals surface area contributed by atoms with E-state index in [9.17, 15) is 29.9 Å². The van der Waals surface area contributed by atoms with E-state index in [0.717, 1.165) is 10.6 Å². The van der Waals surface area contributed by atoms with Crippen LogP contribution in [0.5, 0.6) is 0 Å². The highest BCUT2D eigenvalue weighted by Crippen LogP contribution is 2.29. The maximum atomic E-state index is 12.2. The van der Waals surface area contributed by atoms with E-state index in [0.29, 0.717) is 0 Å². The van der Waals surface area contributed by atoms with Crippen LogP contribution in [-0.2, 0) is 9.47 Å². The first-order chi connectivity index (χ1) is 13.3. The number of carbonyl (C=O) groups excluding carboxylic acids is 1. The molecule has 0 aliphatic carbocycles. The number of rotatable bonds is 5. The van der Waals surface area contributed by atoms with Crippen LogP contribution in [0.1, 0.15) is 16.6 Å². The summed E-state index contributed by atoms with van der Waals surface area (Å²) in [6.07, 6.45) is -4.18. The van der Waals surface area contributed by atoms with Crippen molar-refractivity contribution in [2.75, 3.05) is 12.3 Å². The van der Waals surface area contributed by atoms with Crippen molar-refractivity contribution in [1.82, 2.24) is 9.55 Å². The van der Waals surface area contributed by atoms with Crippen LogP contribution in [0, 0.1) is 10.1 Å². The summed E-state index contributed by atoms with van der Waals surface area (Å²) in [5, 5.41) is 31.3. The Morgan fingerprint density at radius 1 is 1.32 bits per heavy atom. The molecule has 0 saturated carbocycles. The molecule has 0 bridgehead atoms. The number of nitrogens with two attached hydrogens (primary N) is 1. The van der Waals surface area contributed by atoms with Gasteiger partial charge in [-0.15, -0.1) is 0 Å². The summed E-state index contributed by atoms with van der Waals surface area (Å²) in [6.45, 7) is -0.503. The van der Waals surface area contributed by atoms with Crippen LogP contribution in [0.3, 0.4) is 0 Å². The lowest BCUT2D eigenvalue weighted by molar-refractivity contribution is -0.385. The predicted molar refractivity (Wildman–Crippen MR) is 92.2 cm³/mol. The quantitative estimate of drug-likeness (QED) is 0.331. The first-order valence-corrected chi connectivity index (χ1v) is 8.06. The third-order valence-corrected chi connectivity index (χ3v) is 4.16. The van der Waals surface area contributed by atoms with Crippen LogP contribution < -0.4 is 11.4 Å². The highest BCUT2D eigenvalue weighted by atomic mass is 16.6. The van der Waals surface area contributed by atoms with E-state index in [2.05, 4.69) is 4.98 Å². The molecule has 0 radical (unpaired) electrons. The summed E-state index contributed by atoms with van der Waals surface area (Å²) in [6, 6.07) is 6.52. The standard InChI is InChI=1S/C16H16N4O8/c17-11-5-6-19(16(24)18-11)14-13(22)12(21)10(28-14)7-27-15(23)8-3-1-2-4-9(8)20(25)26/h1-6,10,12-14,21-22H,7H2,(H2,17,18,24)/t10-,12-,13-,14-/m1/s1. The first kappa shape index (κ1) is 19.4. The number of anilines is 1. The average Bonchev–Trinajstić information content (AvgIpc) is 2.94. The average molecular weight is 392 g/mol. The Labute approximate surface area is 156 Å². The summed E-state index contributed by atoms with van der Waals surface area (Å²) in [7, 11) is 0. The zero-order valence-corrected chi connectivity index (χ0v) is 14.2. The number of nitrogens with zero attached hydrogens (tertiary/aromatic N) is 3. The molecule has 4 atom stereocenters. The normalized spacial score (nSPS) is 24.1. The van der Waals surface area contributed by atoms with Gasteiger partial charge in [-0.1, -0.05) is 12.1 Å². The molecule has 2 heterocycles. The van der Waals surface area contributed by atoms with Crippen molar-refractivity contribution >= 4 is 17.5 Å². The number of aromatic nitrogens is 2. The number of nitro benzene ring substituents is 1. The number of nitrogen functional groups attached to an aromatic ring is 1. The number of nitro groups is 1. The van der Waals surface area contributed by atoms with Crippen LogP contribution in [-0.4, -0.2) is 55.6 Å². The van der Waals surface area contributed by atoms with Crippen molar-refractivity contribution in [3.05, 3.63) is 62.7 Å². The van der Waals surface area contributed by atoms with E-state index in [-0.39, 0.29) is 11.4 Å². The molecule has 1 aromatic heterocycles. The molecule has 28 heavy (non-hydrogen) atoms. The molecule has 1 aliphatic heterocycles. The lowest BCUT2D eigenvalue weighted by Gasteiger charge is -2.16. The van der Waals surface area contributed by atoms with E-state index < -0.39 is 53.4 Å². The monoisotopic (exact) mass is 392 g/mol. The van der Waals surface area contributed by atoms with Crippen molar-refractivity contribution < 1.29 is 29.4 Å². The van der Waals surface area contributed by atoms with Gasteiger partial charge in [-0.2, -0.15) is 4.98 Å². The molecular formula is C16H16N4O8. The maximum absolute atomic E-state index is 12.2. The second-order valence-corrected chi connectivity index (χ2v) is 5.96. The molecule has 0 amide bonds. The SMILES string of the molecule is Nc1ccn([C@@H]2O[C@H](COC(=O)c3ccccc3[N+](=O)[O-])[C@@H](O)[C@H]2O)c(=O)n1. The van der Waals surface area contributed by atoms with Gasteiger partial charge < -0.3 is 25.4 Å². The van der Waals surface area contributed by atoms with Crippen molar-refractivity contribution in [3.8, 4) is 0 Å². The van der Waals surface area contributed by atoms with Gasteiger partial charge >= 0.3 is 11.7 Å². The number of para-hydroxylation sites is 1. The number of carbonyl (C=O) groups is 1. The molecular weight excluding hydrogens is 376 g/mol.